The first-order valence-electron chi connectivity index (χ1n) is 8.51. The van der Waals surface area contributed by atoms with E-state index in [1.165, 1.54) is 18.5 Å². The molecular formula is C20H17FN4O2. The predicted molar refractivity (Wildman–Crippen MR) is 101 cm³/mol. The molecule has 0 aliphatic carbocycles. The van der Waals surface area contributed by atoms with Crippen molar-refractivity contribution in [2.24, 2.45) is 0 Å². The predicted octanol–water partition coefficient (Wildman–Crippen LogP) is 3.29. The average molecular weight is 364 g/mol. The first kappa shape index (κ1) is 17.0. The fraction of sp³-hybridized carbons (Fsp3) is 0.150. The highest BCUT2D eigenvalue weighted by molar-refractivity contribution is 6.07. The number of ether oxygens (including phenoxy) is 1. The SMILES string of the molecule is C=CC(=O)N1CCOc2c1ccc1ncnc(NCc3ccccc3F)c21. The molecule has 0 spiro atoms. The minimum atomic E-state index is -0.288. The molecule has 6 nitrogen and oxygen atoms in total. The molecule has 1 aliphatic heterocycles. The lowest BCUT2D eigenvalue weighted by Gasteiger charge is -2.29. The van der Waals surface area contributed by atoms with Crippen molar-refractivity contribution in [3.05, 3.63) is 66.8 Å². The summed E-state index contributed by atoms with van der Waals surface area (Å²) in [7, 11) is 0. The molecule has 3 aromatic rings. The Hall–Kier alpha value is -3.48. The Kier molecular flexibility index (Phi) is 4.42. The number of hydrogen-bond acceptors (Lipinski definition) is 5. The Morgan fingerprint density at radius 2 is 2.15 bits per heavy atom. The highest BCUT2D eigenvalue weighted by atomic mass is 19.1. The van der Waals surface area contributed by atoms with Crippen LogP contribution in [0.5, 0.6) is 5.75 Å². The van der Waals surface area contributed by atoms with Crippen molar-refractivity contribution in [2.45, 2.75) is 6.54 Å². The molecule has 4 rings (SSSR count). The first-order valence-corrected chi connectivity index (χ1v) is 8.51. The fourth-order valence-electron chi connectivity index (χ4n) is 3.12. The average Bonchev–Trinajstić information content (AvgIpc) is 2.71. The molecule has 0 unspecified atom stereocenters. The van der Waals surface area contributed by atoms with Crippen LogP contribution in [-0.4, -0.2) is 29.0 Å². The van der Waals surface area contributed by atoms with Crippen LogP contribution in [0, 0.1) is 5.82 Å². The fourth-order valence-corrected chi connectivity index (χ4v) is 3.12. The Balaban J connectivity index is 1.77. The second-order valence-corrected chi connectivity index (χ2v) is 6.02. The lowest BCUT2D eigenvalue weighted by molar-refractivity contribution is -0.114. The van der Waals surface area contributed by atoms with Crippen LogP contribution in [0.15, 0.2) is 55.4 Å². The van der Waals surface area contributed by atoms with Crippen LogP contribution in [0.4, 0.5) is 15.9 Å². The number of aromatic nitrogens is 2. The molecule has 0 saturated heterocycles. The van der Waals surface area contributed by atoms with E-state index in [1.807, 2.05) is 6.07 Å². The van der Waals surface area contributed by atoms with E-state index >= 15 is 0 Å². The zero-order chi connectivity index (χ0) is 18.8. The highest BCUT2D eigenvalue weighted by Crippen LogP contribution is 2.40. The quantitative estimate of drug-likeness (QED) is 0.720. The molecule has 0 atom stereocenters. The summed E-state index contributed by atoms with van der Waals surface area (Å²) in [5.41, 5.74) is 1.84. The van der Waals surface area contributed by atoms with Gasteiger partial charge in [0.25, 0.3) is 5.91 Å². The molecule has 0 radical (unpaired) electrons. The van der Waals surface area contributed by atoms with Crippen molar-refractivity contribution in [1.82, 2.24) is 9.97 Å². The number of nitrogens with one attached hydrogen (secondary N) is 1. The van der Waals surface area contributed by atoms with E-state index in [0.29, 0.717) is 46.9 Å². The molecule has 2 aromatic carbocycles. The van der Waals surface area contributed by atoms with Gasteiger partial charge in [-0.15, -0.1) is 0 Å². The second kappa shape index (κ2) is 7.03. The van der Waals surface area contributed by atoms with Crippen LogP contribution in [0.1, 0.15) is 5.56 Å². The van der Waals surface area contributed by atoms with Gasteiger partial charge in [-0.25, -0.2) is 14.4 Å². The zero-order valence-electron chi connectivity index (χ0n) is 14.5. The van der Waals surface area contributed by atoms with Crippen molar-refractivity contribution in [3.63, 3.8) is 0 Å². The van der Waals surface area contributed by atoms with Gasteiger partial charge in [0, 0.05) is 12.1 Å². The van der Waals surface area contributed by atoms with Gasteiger partial charge in [-0.2, -0.15) is 0 Å². The third kappa shape index (κ3) is 3.08. The standard InChI is InChI=1S/C20H17FN4O2/c1-2-17(26)25-9-10-27-19-16(25)8-7-15-18(19)20(24-12-23-15)22-11-13-5-3-4-6-14(13)21/h2-8,12H,1,9-11H2,(H,22,23,24). The Morgan fingerprint density at radius 3 is 2.96 bits per heavy atom. The molecule has 2 heterocycles. The van der Waals surface area contributed by atoms with Gasteiger partial charge in [-0.1, -0.05) is 24.8 Å². The van der Waals surface area contributed by atoms with Crippen molar-refractivity contribution >= 4 is 28.3 Å². The number of hydrogen-bond donors (Lipinski definition) is 1. The largest absolute Gasteiger partial charge is 0.489 e. The number of halogens is 1. The normalized spacial score (nSPS) is 13.0. The molecule has 7 heteroatoms. The van der Waals surface area contributed by atoms with Crippen LogP contribution in [0.25, 0.3) is 10.9 Å². The minimum Gasteiger partial charge on any atom is -0.489 e. The number of nitrogens with zero attached hydrogens (tertiary/aromatic N) is 3. The zero-order valence-corrected chi connectivity index (χ0v) is 14.5. The summed E-state index contributed by atoms with van der Waals surface area (Å²) in [6.45, 7) is 4.61. The van der Waals surface area contributed by atoms with Gasteiger partial charge in [-0.3, -0.25) is 4.79 Å². The van der Waals surface area contributed by atoms with E-state index in [-0.39, 0.29) is 18.3 Å². The van der Waals surface area contributed by atoms with E-state index in [9.17, 15) is 9.18 Å². The Bertz CT molecular complexity index is 1040. The number of fused-ring (bicyclic) bond motifs is 3. The van der Waals surface area contributed by atoms with Gasteiger partial charge in [0.1, 0.15) is 24.6 Å². The number of amides is 1. The van der Waals surface area contributed by atoms with Crippen LogP contribution in [0.2, 0.25) is 0 Å². The van der Waals surface area contributed by atoms with Crippen LogP contribution >= 0.6 is 0 Å². The van der Waals surface area contributed by atoms with Gasteiger partial charge in [0.2, 0.25) is 0 Å². The van der Waals surface area contributed by atoms with Crippen LogP contribution < -0.4 is 15.0 Å². The van der Waals surface area contributed by atoms with Crippen molar-refractivity contribution in [1.29, 1.82) is 0 Å². The van der Waals surface area contributed by atoms with Crippen molar-refractivity contribution in [3.8, 4) is 5.75 Å². The summed E-state index contributed by atoms with van der Waals surface area (Å²) in [4.78, 5) is 22.4. The lowest BCUT2D eigenvalue weighted by atomic mass is 10.1. The summed E-state index contributed by atoms with van der Waals surface area (Å²) < 4.78 is 19.8. The third-order valence-corrected chi connectivity index (χ3v) is 4.43. The number of carbonyl (C=O) groups is 1. The molecule has 1 aromatic heterocycles. The molecule has 1 N–H and O–H groups in total. The Morgan fingerprint density at radius 1 is 1.30 bits per heavy atom. The number of carbonyl (C=O) groups excluding carboxylic acids is 1. The second-order valence-electron chi connectivity index (χ2n) is 6.02. The third-order valence-electron chi connectivity index (χ3n) is 4.43. The molecular weight excluding hydrogens is 347 g/mol. The number of benzene rings is 2. The van der Waals surface area contributed by atoms with E-state index in [2.05, 4.69) is 21.9 Å². The van der Waals surface area contributed by atoms with Gasteiger partial charge in [-0.05, 0) is 24.3 Å². The summed E-state index contributed by atoms with van der Waals surface area (Å²) >= 11 is 0. The molecule has 1 aliphatic rings. The topological polar surface area (TPSA) is 67.4 Å². The van der Waals surface area contributed by atoms with Crippen molar-refractivity contribution < 1.29 is 13.9 Å². The van der Waals surface area contributed by atoms with Crippen molar-refractivity contribution in [2.75, 3.05) is 23.4 Å². The summed E-state index contributed by atoms with van der Waals surface area (Å²) in [6, 6.07) is 10.2. The van der Waals surface area contributed by atoms with E-state index in [1.54, 1.807) is 29.2 Å². The smallest absolute Gasteiger partial charge is 0.250 e. The van der Waals surface area contributed by atoms with Crippen LogP contribution in [0.3, 0.4) is 0 Å². The molecule has 0 saturated carbocycles. The first-order chi connectivity index (χ1) is 13.2. The molecule has 0 fully saturated rings. The summed E-state index contributed by atoms with van der Waals surface area (Å²) in [5, 5.41) is 3.82. The van der Waals surface area contributed by atoms with Gasteiger partial charge in [0.15, 0.2) is 5.75 Å². The maximum absolute atomic E-state index is 13.9. The molecule has 136 valence electrons. The van der Waals surface area contributed by atoms with E-state index < -0.39 is 0 Å². The minimum absolute atomic E-state index is 0.198. The van der Waals surface area contributed by atoms with Gasteiger partial charge < -0.3 is 15.0 Å². The van der Waals surface area contributed by atoms with Crippen LogP contribution in [-0.2, 0) is 11.3 Å². The Labute approximate surface area is 155 Å². The monoisotopic (exact) mass is 364 g/mol. The lowest BCUT2D eigenvalue weighted by Crippen LogP contribution is -2.36. The molecule has 0 bridgehead atoms. The number of anilines is 2. The van der Waals surface area contributed by atoms with Gasteiger partial charge >= 0.3 is 0 Å². The summed E-state index contributed by atoms with van der Waals surface area (Å²) in [6.07, 6.45) is 2.71. The van der Waals surface area contributed by atoms with Gasteiger partial charge in [0.05, 0.1) is 23.1 Å². The molecule has 1 amide bonds. The van der Waals surface area contributed by atoms with E-state index in [0.717, 1.165) is 0 Å². The number of rotatable bonds is 4. The maximum Gasteiger partial charge on any atom is 0.250 e. The maximum atomic E-state index is 13.9. The summed E-state index contributed by atoms with van der Waals surface area (Å²) in [5.74, 6) is 0.569. The highest BCUT2D eigenvalue weighted by Gasteiger charge is 2.25. The molecule has 27 heavy (non-hydrogen) atoms. The van der Waals surface area contributed by atoms with E-state index in [4.69, 9.17) is 4.74 Å².